The van der Waals surface area contributed by atoms with Gasteiger partial charge in [0, 0.05) is 58.2 Å². The number of hydrogen-bond acceptors (Lipinski definition) is 10. The van der Waals surface area contributed by atoms with E-state index in [1.165, 1.54) is 10.5 Å². The predicted octanol–water partition coefficient (Wildman–Crippen LogP) is 4.25. The molecule has 2 aromatic carbocycles. The number of anilines is 2. The topological polar surface area (TPSA) is 155 Å². The highest BCUT2D eigenvalue weighted by molar-refractivity contribution is 7.89. The molecule has 0 spiro atoms. The van der Waals surface area contributed by atoms with Gasteiger partial charge in [0.05, 0.1) is 33.9 Å². The van der Waals surface area contributed by atoms with Gasteiger partial charge < -0.3 is 10.1 Å². The molecular weight excluding hydrogens is 694 g/mol. The summed E-state index contributed by atoms with van der Waals surface area (Å²) in [6, 6.07) is 13.3. The molecule has 0 saturated carbocycles. The maximum atomic E-state index is 13.7. The number of hydrogen-bond donors (Lipinski definition) is 2. The van der Waals surface area contributed by atoms with E-state index in [1.54, 1.807) is 28.4 Å². The van der Waals surface area contributed by atoms with Crippen molar-refractivity contribution in [3.63, 3.8) is 0 Å². The van der Waals surface area contributed by atoms with Crippen molar-refractivity contribution in [1.29, 1.82) is 0 Å². The highest BCUT2D eigenvalue weighted by Gasteiger charge is 2.31. The summed E-state index contributed by atoms with van der Waals surface area (Å²) in [5.74, 6) is 1.12. The van der Waals surface area contributed by atoms with Crippen LogP contribution in [0.2, 0.25) is 5.02 Å². The minimum Gasteiger partial charge on any atom is -0.378 e. The Labute approximate surface area is 302 Å². The van der Waals surface area contributed by atoms with Crippen LogP contribution < -0.4 is 15.5 Å². The number of nitrogens with zero attached hydrogens (tertiary/aromatic N) is 7. The molecule has 3 aliphatic heterocycles. The number of urea groups is 1. The molecule has 0 bridgehead atoms. The summed E-state index contributed by atoms with van der Waals surface area (Å²) in [6.07, 6.45) is 5.00. The first kappa shape index (κ1) is 35.3. The quantitative estimate of drug-likeness (QED) is 0.242. The van der Waals surface area contributed by atoms with Crippen LogP contribution in [0, 0.1) is 0 Å². The number of likely N-dealkylation sites (tertiary alicyclic amines) is 1. The Morgan fingerprint density at radius 3 is 2.55 bits per heavy atom. The first-order valence-corrected chi connectivity index (χ1v) is 19.1. The van der Waals surface area contributed by atoms with Gasteiger partial charge in [0.2, 0.25) is 21.9 Å². The number of ether oxygens (including phenoxy) is 1. The van der Waals surface area contributed by atoms with Gasteiger partial charge in [-0.05, 0) is 80.1 Å². The van der Waals surface area contributed by atoms with Gasteiger partial charge >= 0.3 is 6.03 Å². The molecule has 3 saturated heterocycles. The van der Waals surface area contributed by atoms with E-state index in [9.17, 15) is 18.0 Å². The van der Waals surface area contributed by atoms with Gasteiger partial charge in [-0.3, -0.25) is 24.6 Å². The second-order valence-corrected chi connectivity index (χ2v) is 15.8. The number of aryl methyl sites for hydroxylation is 1. The number of methoxy groups -OCH3 is 1. The molecule has 3 aliphatic rings. The number of aromatic nitrogens is 4. The van der Waals surface area contributed by atoms with E-state index in [2.05, 4.69) is 42.7 Å². The van der Waals surface area contributed by atoms with Gasteiger partial charge in [0.25, 0.3) is 0 Å². The van der Waals surface area contributed by atoms with Crippen LogP contribution in [-0.4, -0.2) is 95.2 Å². The van der Waals surface area contributed by atoms with Crippen molar-refractivity contribution in [2.75, 3.05) is 50.1 Å². The lowest BCUT2D eigenvalue weighted by Gasteiger charge is -2.33. The Hall–Kier alpha value is -4.15. The van der Waals surface area contributed by atoms with Crippen LogP contribution in [0.25, 0.3) is 10.9 Å². The molecule has 0 radical (unpaired) electrons. The first-order chi connectivity index (χ1) is 24.6. The van der Waals surface area contributed by atoms with E-state index in [0.717, 1.165) is 42.4 Å². The van der Waals surface area contributed by atoms with Gasteiger partial charge in [-0.15, -0.1) is 0 Å². The zero-order valence-corrected chi connectivity index (χ0v) is 30.3. The molecule has 51 heavy (non-hydrogen) atoms. The third-order valence-electron chi connectivity index (χ3n) is 10.1. The lowest BCUT2D eigenvalue weighted by Crippen LogP contribution is -2.49. The van der Waals surface area contributed by atoms with E-state index in [4.69, 9.17) is 16.3 Å². The predicted molar refractivity (Wildman–Crippen MR) is 193 cm³/mol. The summed E-state index contributed by atoms with van der Waals surface area (Å²) in [5.41, 5.74) is 3.76. The number of sulfonamides is 1. The van der Waals surface area contributed by atoms with Crippen molar-refractivity contribution in [3.8, 4) is 0 Å². The summed E-state index contributed by atoms with van der Waals surface area (Å²) in [7, 11) is -0.194. The summed E-state index contributed by atoms with van der Waals surface area (Å²) in [4.78, 5) is 37.0. The van der Waals surface area contributed by atoms with E-state index < -0.39 is 16.1 Å². The molecule has 7 rings (SSSR count). The lowest BCUT2D eigenvalue weighted by atomic mass is 9.89. The van der Waals surface area contributed by atoms with E-state index in [-0.39, 0.29) is 25.0 Å². The fourth-order valence-corrected chi connectivity index (χ4v) is 8.93. The Balaban J connectivity index is 0.936. The minimum atomic E-state index is -3.64. The Morgan fingerprint density at radius 2 is 1.80 bits per heavy atom. The Kier molecular flexibility index (Phi) is 10.3. The Morgan fingerprint density at radius 1 is 1.02 bits per heavy atom. The maximum Gasteiger partial charge on any atom is 0.329 e. The minimum absolute atomic E-state index is 0.0432. The van der Waals surface area contributed by atoms with Gasteiger partial charge in [-0.25, -0.2) is 23.2 Å². The van der Waals surface area contributed by atoms with E-state index >= 15 is 0 Å². The second kappa shape index (κ2) is 14.8. The molecule has 270 valence electrons. The van der Waals surface area contributed by atoms with E-state index in [1.807, 2.05) is 31.3 Å². The molecule has 0 unspecified atom stereocenters. The molecule has 2 N–H and O–H groups in total. The van der Waals surface area contributed by atoms with Gasteiger partial charge in [0.1, 0.15) is 0 Å². The first-order valence-electron chi connectivity index (χ1n) is 17.3. The highest BCUT2D eigenvalue weighted by Crippen LogP contribution is 2.34. The molecule has 4 aromatic rings. The van der Waals surface area contributed by atoms with Crippen molar-refractivity contribution < 1.29 is 22.7 Å². The molecule has 3 amide bonds. The zero-order chi connectivity index (χ0) is 35.7. The summed E-state index contributed by atoms with van der Waals surface area (Å²) in [5, 5.41) is 11.6. The average molecular weight is 736 g/mol. The molecule has 0 aliphatic carbocycles. The number of piperidine rings is 2. The fourth-order valence-electron chi connectivity index (χ4n) is 7.24. The lowest BCUT2D eigenvalue weighted by molar-refractivity contribution is -0.120. The normalized spacial score (nSPS) is 18.8. The van der Waals surface area contributed by atoms with Gasteiger partial charge in [-0.1, -0.05) is 29.8 Å². The monoisotopic (exact) mass is 735 g/mol. The van der Waals surface area contributed by atoms with Gasteiger partial charge in [0.15, 0.2) is 5.82 Å². The number of nitrogens with one attached hydrogen (secondary N) is 2. The number of halogens is 1. The average Bonchev–Trinajstić information content (AvgIpc) is 3.45. The molecule has 0 atom stereocenters. The van der Waals surface area contributed by atoms with Crippen molar-refractivity contribution in [1.82, 2.24) is 34.3 Å². The molecule has 16 heteroatoms. The number of carbonyl (C=O) groups is 2. The standard InChI is InChI=1S/C35H42ClN9O5S/c1-42-31-19-25(6-7-28(31)33(41-42)45-17-12-32(46)40-35(45)47)24-8-13-43(14-9-24)21-23-4-3-5-27(18-23)51(48,49)44-15-10-26(11-16-44)38-34-37-20-29(36)30(39-34)22-50-2/h3-7,18-20,24,26H,8-17,21-22H2,1-2H3,(H,37,38,39)(H,40,46,47). The van der Waals surface area contributed by atoms with Crippen LogP contribution >= 0.6 is 11.6 Å². The number of fused-ring (bicyclic) bond motifs is 1. The molecule has 14 nitrogen and oxygen atoms in total. The Bertz CT molecular complexity index is 2040. The third-order valence-corrected chi connectivity index (χ3v) is 12.3. The molecular formula is C35H42ClN9O5S. The summed E-state index contributed by atoms with van der Waals surface area (Å²) < 4.78 is 35.9. The van der Waals surface area contributed by atoms with Crippen LogP contribution in [0.3, 0.4) is 0 Å². The van der Waals surface area contributed by atoms with Crippen LogP contribution in [0.5, 0.6) is 0 Å². The summed E-state index contributed by atoms with van der Waals surface area (Å²) >= 11 is 6.16. The largest absolute Gasteiger partial charge is 0.378 e. The van der Waals surface area contributed by atoms with Crippen molar-refractivity contribution in [2.24, 2.45) is 7.05 Å². The second-order valence-electron chi connectivity index (χ2n) is 13.4. The molecule has 2 aromatic heterocycles. The molecule has 5 heterocycles. The van der Waals surface area contributed by atoms with Gasteiger partial charge in [-0.2, -0.15) is 9.40 Å². The van der Waals surface area contributed by atoms with Crippen LogP contribution in [0.15, 0.2) is 53.6 Å². The van der Waals surface area contributed by atoms with Crippen molar-refractivity contribution in [3.05, 3.63) is 70.5 Å². The number of amides is 3. The SMILES string of the molecule is COCc1nc(NC2CCN(S(=O)(=O)c3cccc(CN4CCC(c5ccc6c(N7CCC(=O)NC7=O)nn(C)c6c5)CC4)c3)CC2)ncc1Cl. The third kappa shape index (κ3) is 7.58. The van der Waals surface area contributed by atoms with E-state index in [0.29, 0.717) is 72.3 Å². The molecule has 3 fully saturated rings. The number of rotatable bonds is 10. The highest BCUT2D eigenvalue weighted by atomic mass is 35.5. The smallest absolute Gasteiger partial charge is 0.329 e. The number of imide groups is 1. The number of benzene rings is 2. The van der Waals surface area contributed by atoms with Crippen molar-refractivity contribution >= 4 is 56.2 Å². The van der Waals surface area contributed by atoms with Crippen LogP contribution in [-0.2, 0) is 39.8 Å². The number of carbonyl (C=O) groups excluding carboxylic acids is 2. The fraction of sp³-hybridized carbons (Fsp3) is 0.457. The van der Waals surface area contributed by atoms with Crippen LogP contribution in [0.4, 0.5) is 16.6 Å². The van der Waals surface area contributed by atoms with Crippen LogP contribution in [0.1, 0.15) is 54.8 Å². The summed E-state index contributed by atoms with van der Waals surface area (Å²) in [6.45, 7) is 3.85. The zero-order valence-electron chi connectivity index (χ0n) is 28.7. The maximum absolute atomic E-state index is 13.7. The van der Waals surface area contributed by atoms with Crippen molar-refractivity contribution in [2.45, 2.75) is 62.1 Å².